The van der Waals surface area contributed by atoms with Crippen LogP contribution >= 0.6 is 23.5 Å². The Morgan fingerprint density at radius 3 is 2.30 bits per heavy atom. The molecule has 2 rings (SSSR count). The van der Waals surface area contributed by atoms with E-state index in [4.69, 9.17) is 4.99 Å². The van der Waals surface area contributed by atoms with Crippen LogP contribution in [0.2, 0.25) is 0 Å². The second-order valence-electron chi connectivity index (χ2n) is 6.71. The molecular formula is C24H31NS2. The van der Waals surface area contributed by atoms with Crippen molar-refractivity contribution in [3.8, 4) is 0 Å². The SMILES string of the molecule is CCCCC(CC)CSC(=Nc1ccccc1)C(C)=CSc1ccccc1. The number of nitrogens with zero attached hydrogens (tertiary/aromatic N) is 1. The molecule has 0 saturated carbocycles. The number of hydrogen-bond donors (Lipinski definition) is 0. The summed E-state index contributed by atoms with van der Waals surface area (Å²) < 4.78 is 0. The fourth-order valence-corrected chi connectivity index (χ4v) is 4.72. The van der Waals surface area contributed by atoms with Crippen LogP contribution in [0.3, 0.4) is 0 Å². The Labute approximate surface area is 173 Å². The molecular weight excluding hydrogens is 366 g/mol. The molecule has 0 heterocycles. The lowest BCUT2D eigenvalue weighted by Gasteiger charge is -2.15. The maximum atomic E-state index is 4.96. The van der Waals surface area contributed by atoms with Crippen LogP contribution in [-0.4, -0.2) is 10.8 Å². The molecule has 0 N–H and O–H groups in total. The van der Waals surface area contributed by atoms with Crippen LogP contribution in [0.5, 0.6) is 0 Å². The molecule has 0 saturated heterocycles. The fourth-order valence-electron chi connectivity index (χ4n) is 2.65. The Hall–Kier alpha value is -1.45. The van der Waals surface area contributed by atoms with E-state index in [1.807, 2.05) is 17.8 Å². The molecule has 0 amide bonds. The third-order valence-corrected chi connectivity index (χ3v) is 6.78. The van der Waals surface area contributed by atoms with Gasteiger partial charge < -0.3 is 0 Å². The first-order valence-corrected chi connectivity index (χ1v) is 11.7. The zero-order chi connectivity index (χ0) is 19.3. The number of rotatable bonds is 10. The normalized spacial score (nSPS) is 13.6. The second kappa shape index (κ2) is 12.9. The van der Waals surface area contributed by atoms with Crippen molar-refractivity contribution >= 4 is 34.3 Å². The topological polar surface area (TPSA) is 12.4 Å². The predicted octanol–water partition coefficient (Wildman–Crippen LogP) is 8.36. The van der Waals surface area contributed by atoms with Gasteiger partial charge in [-0.15, -0.1) is 11.8 Å². The van der Waals surface area contributed by atoms with Crippen LogP contribution in [0.15, 0.2) is 81.5 Å². The number of benzene rings is 2. The summed E-state index contributed by atoms with van der Waals surface area (Å²) in [6.45, 7) is 6.76. The van der Waals surface area contributed by atoms with Gasteiger partial charge in [0.25, 0.3) is 0 Å². The summed E-state index contributed by atoms with van der Waals surface area (Å²) in [5.41, 5.74) is 2.27. The molecule has 0 bridgehead atoms. The number of aliphatic imine (C=N–C) groups is 1. The first-order valence-electron chi connectivity index (χ1n) is 9.88. The lowest BCUT2D eigenvalue weighted by Crippen LogP contribution is -2.06. The van der Waals surface area contributed by atoms with Crippen LogP contribution in [0.4, 0.5) is 5.69 Å². The number of hydrogen-bond acceptors (Lipinski definition) is 3. The van der Waals surface area contributed by atoms with E-state index in [0.29, 0.717) is 0 Å². The molecule has 0 fully saturated rings. The standard InChI is InChI=1S/C24H31NS2/c1-4-6-13-21(5-2)19-27-24(25-22-14-9-7-10-15-22)20(3)18-26-23-16-11-8-12-17-23/h7-12,14-18,21H,4-6,13,19H2,1-3H3. The highest BCUT2D eigenvalue weighted by atomic mass is 32.2. The van der Waals surface area contributed by atoms with E-state index >= 15 is 0 Å². The van der Waals surface area contributed by atoms with Gasteiger partial charge in [0.05, 0.1) is 5.69 Å². The van der Waals surface area contributed by atoms with Crippen LogP contribution in [0.25, 0.3) is 0 Å². The van der Waals surface area contributed by atoms with Gasteiger partial charge in [0.1, 0.15) is 5.04 Å². The zero-order valence-corrected chi connectivity index (χ0v) is 18.4. The molecule has 0 aliphatic rings. The predicted molar refractivity (Wildman–Crippen MR) is 125 cm³/mol. The minimum atomic E-state index is 0.769. The van der Waals surface area contributed by atoms with Crippen molar-refractivity contribution in [2.75, 3.05) is 5.75 Å². The summed E-state index contributed by atoms with van der Waals surface area (Å²) in [7, 11) is 0. The Balaban J connectivity index is 2.12. The largest absolute Gasteiger partial charge is 0.242 e. The number of thioether (sulfide) groups is 2. The van der Waals surface area contributed by atoms with Crippen molar-refractivity contribution in [2.24, 2.45) is 10.9 Å². The van der Waals surface area contributed by atoms with Crippen molar-refractivity contribution < 1.29 is 0 Å². The molecule has 2 aromatic carbocycles. The third kappa shape index (κ3) is 8.40. The van der Waals surface area contributed by atoms with Crippen molar-refractivity contribution in [1.82, 2.24) is 0 Å². The first-order chi connectivity index (χ1) is 13.2. The van der Waals surface area contributed by atoms with Gasteiger partial charge in [-0.05, 0) is 54.5 Å². The Morgan fingerprint density at radius 2 is 1.67 bits per heavy atom. The van der Waals surface area contributed by atoms with E-state index in [1.54, 1.807) is 11.8 Å². The highest BCUT2D eigenvalue weighted by Crippen LogP contribution is 2.27. The molecule has 2 aromatic rings. The average Bonchev–Trinajstić information content (AvgIpc) is 2.72. The van der Waals surface area contributed by atoms with E-state index in [9.17, 15) is 0 Å². The Kier molecular flexibility index (Phi) is 10.4. The van der Waals surface area contributed by atoms with Gasteiger partial charge in [-0.3, -0.25) is 0 Å². The van der Waals surface area contributed by atoms with Crippen LogP contribution < -0.4 is 0 Å². The number of unbranched alkanes of at least 4 members (excludes halogenated alkanes) is 1. The smallest absolute Gasteiger partial charge is 0.100 e. The van der Waals surface area contributed by atoms with Gasteiger partial charge >= 0.3 is 0 Å². The molecule has 1 unspecified atom stereocenters. The summed E-state index contributed by atoms with van der Waals surface area (Å²) in [4.78, 5) is 6.21. The quantitative estimate of drug-likeness (QED) is 0.227. The molecule has 0 radical (unpaired) electrons. The maximum absolute atomic E-state index is 4.96. The molecule has 3 heteroatoms. The Bertz CT molecular complexity index is 708. The summed E-state index contributed by atoms with van der Waals surface area (Å²) in [5, 5.41) is 3.37. The van der Waals surface area contributed by atoms with E-state index in [2.05, 4.69) is 80.8 Å². The van der Waals surface area contributed by atoms with Gasteiger partial charge in [-0.1, -0.05) is 81.3 Å². The van der Waals surface area contributed by atoms with Gasteiger partial charge in [-0.25, -0.2) is 4.99 Å². The summed E-state index contributed by atoms with van der Waals surface area (Å²) in [6, 6.07) is 20.8. The molecule has 0 aliphatic heterocycles. The molecule has 1 atom stereocenters. The molecule has 0 aromatic heterocycles. The lowest BCUT2D eigenvalue weighted by molar-refractivity contribution is 0.500. The molecule has 144 valence electrons. The highest BCUT2D eigenvalue weighted by Gasteiger charge is 2.11. The number of para-hydroxylation sites is 1. The van der Waals surface area contributed by atoms with Crippen molar-refractivity contribution in [3.63, 3.8) is 0 Å². The Morgan fingerprint density at radius 1 is 1.00 bits per heavy atom. The maximum Gasteiger partial charge on any atom is 0.100 e. The minimum Gasteiger partial charge on any atom is -0.242 e. The molecule has 1 nitrogen and oxygen atoms in total. The van der Waals surface area contributed by atoms with Crippen molar-refractivity contribution in [3.05, 3.63) is 71.6 Å². The fraction of sp³-hybridized carbons (Fsp3) is 0.375. The third-order valence-electron chi connectivity index (χ3n) is 4.44. The molecule has 27 heavy (non-hydrogen) atoms. The summed E-state index contributed by atoms with van der Waals surface area (Å²) in [5.74, 6) is 1.91. The van der Waals surface area contributed by atoms with E-state index < -0.39 is 0 Å². The van der Waals surface area contributed by atoms with E-state index in [1.165, 1.54) is 36.2 Å². The minimum absolute atomic E-state index is 0.769. The van der Waals surface area contributed by atoms with Crippen molar-refractivity contribution in [2.45, 2.75) is 51.3 Å². The van der Waals surface area contributed by atoms with Crippen LogP contribution in [0, 0.1) is 5.92 Å². The van der Waals surface area contributed by atoms with Gasteiger partial charge in [0, 0.05) is 10.6 Å². The molecule has 0 spiro atoms. The van der Waals surface area contributed by atoms with Gasteiger partial charge in [-0.2, -0.15) is 0 Å². The van der Waals surface area contributed by atoms with Gasteiger partial charge in [0.15, 0.2) is 0 Å². The lowest BCUT2D eigenvalue weighted by atomic mass is 10.0. The van der Waals surface area contributed by atoms with Crippen LogP contribution in [-0.2, 0) is 0 Å². The monoisotopic (exact) mass is 397 g/mol. The van der Waals surface area contributed by atoms with Crippen molar-refractivity contribution in [1.29, 1.82) is 0 Å². The second-order valence-corrected chi connectivity index (χ2v) is 8.66. The van der Waals surface area contributed by atoms with E-state index in [0.717, 1.165) is 22.4 Å². The summed E-state index contributed by atoms with van der Waals surface area (Å²) >= 11 is 3.68. The summed E-state index contributed by atoms with van der Waals surface area (Å²) in [6.07, 6.45) is 5.16. The van der Waals surface area contributed by atoms with Gasteiger partial charge in [0.2, 0.25) is 0 Å². The highest BCUT2D eigenvalue weighted by molar-refractivity contribution is 8.14. The molecule has 0 aliphatic carbocycles. The average molecular weight is 398 g/mol. The van der Waals surface area contributed by atoms with E-state index in [-0.39, 0.29) is 0 Å². The first kappa shape index (κ1) is 21.8. The van der Waals surface area contributed by atoms with Crippen LogP contribution in [0.1, 0.15) is 46.5 Å². The zero-order valence-electron chi connectivity index (χ0n) is 16.7.